The summed E-state index contributed by atoms with van der Waals surface area (Å²) in [5.41, 5.74) is 6.59. The van der Waals surface area contributed by atoms with Crippen LogP contribution in [0.15, 0.2) is 48.5 Å². The van der Waals surface area contributed by atoms with Crippen molar-refractivity contribution in [2.24, 2.45) is 5.73 Å². The first-order valence-corrected chi connectivity index (χ1v) is 7.62. The Morgan fingerprint density at radius 3 is 2.71 bits per heavy atom. The number of anilines is 1. The van der Waals surface area contributed by atoms with Gasteiger partial charge in [0.1, 0.15) is 17.3 Å². The molecule has 21 heavy (non-hydrogen) atoms. The van der Waals surface area contributed by atoms with E-state index in [-0.39, 0.29) is 17.5 Å². The molecule has 2 aromatic rings. The Kier molecular flexibility index (Phi) is 5.51. The molecule has 0 radical (unpaired) electrons. The van der Waals surface area contributed by atoms with Gasteiger partial charge in [-0.05, 0) is 52.9 Å². The van der Waals surface area contributed by atoms with Crippen LogP contribution in [-0.4, -0.2) is 17.5 Å². The molecule has 0 aliphatic rings. The van der Waals surface area contributed by atoms with Crippen molar-refractivity contribution in [3.8, 4) is 5.75 Å². The summed E-state index contributed by atoms with van der Waals surface area (Å²) in [7, 11) is 0. The van der Waals surface area contributed by atoms with Crippen molar-refractivity contribution >= 4 is 51.4 Å². The van der Waals surface area contributed by atoms with Gasteiger partial charge in [-0.1, -0.05) is 30.4 Å². The zero-order chi connectivity index (χ0) is 15.2. The first-order chi connectivity index (χ1) is 10.1. The highest BCUT2D eigenvalue weighted by molar-refractivity contribution is 14.1. The molecular weight excluding hydrogens is 399 g/mol. The second-order valence-electron chi connectivity index (χ2n) is 4.22. The van der Waals surface area contributed by atoms with Gasteiger partial charge >= 0.3 is 0 Å². The number of carbonyl (C=O) groups excluding carboxylic acids is 1. The minimum Gasteiger partial charge on any atom is -0.484 e. The summed E-state index contributed by atoms with van der Waals surface area (Å²) in [4.78, 5) is 12.5. The van der Waals surface area contributed by atoms with E-state index in [1.54, 1.807) is 18.2 Å². The van der Waals surface area contributed by atoms with E-state index in [9.17, 15) is 4.79 Å². The molecule has 0 atom stereocenters. The molecule has 0 saturated heterocycles. The number of benzene rings is 2. The summed E-state index contributed by atoms with van der Waals surface area (Å²) in [6.45, 7) is 0.130. The van der Waals surface area contributed by atoms with Crippen molar-refractivity contribution < 1.29 is 9.53 Å². The summed E-state index contributed by atoms with van der Waals surface area (Å²) in [5, 5.41) is 2.83. The Balaban J connectivity index is 2.15. The molecule has 2 aromatic carbocycles. The van der Waals surface area contributed by atoms with Gasteiger partial charge in [-0.2, -0.15) is 0 Å². The number of rotatable bonds is 5. The quantitative estimate of drug-likeness (QED) is 0.585. The minimum absolute atomic E-state index is 0.130. The average Bonchev–Trinajstić information content (AvgIpc) is 2.46. The highest BCUT2D eigenvalue weighted by Gasteiger charge is 2.10. The molecule has 0 spiro atoms. The van der Waals surface area contributed by atoms with E-state index < -0.39 is 0 Å². The SMILES string of the molecule is NC(=S)COc1ccccc1NC(=O)c1cccc(I)c1. The summed E-state index contributed by atoms with van der Waals surface area (Å²) >= 11 is 6.95. The highest BCUT2D eigenvalue weighted by atomic mass is 127. The van der Waals surface area contributed by atoms with Gasteiger partial charge in [-0.25, -0.2) is 0 Å². The molecule has 0 aromatic heterocycles. The first-order valence-electron chi connectivity index (χ1n) is 6.13. The van der Waals surface area contributed by atoms with E-state index in [2.05, 4.69) is 27.9 Å². The van der Waals surface area contributed by atoms with Gasteiger partial charge in [0.15, 0.2) is 0 Å². The van der Waals surface area contributed by atoms with Gasteiger partial charge in [0.25, 0.3) is 5.91 Å². The second-order valence-corrected chi connectivity index (χ2v) is 5.99. The normalized spacial score (nSPS) is 9.95. The highest BCUT2D eigenvalue weighted by Crippen LogP contribution is 2.24. The van der Waals surface area contributed by atoms with Crippen LogP contribution in [0.4, 0.5) is 5.69 Å². The van der Waals surface area contributed by atoms with Crippen LogP contribution in [0.3, 0.4) is 0 Å². The molecule has 1 amide bonds. The molecule has 0 bridgehead atoms. The number of thiocarbonyl (C=S) groups is 1. The zero-order valence-electron chi connectivity index (χ0n) is 11.0. The topological polar surface area (TPSA) is 64.3 Å². The zero-order valence-corrected chi connectivity index (χ0v) is 14.0. The predicted octanol–water partition coefficient (Wildman–Crippen LogP) is 3.21. The average molecular weight is 412 g/mol. The third kappa shape index (κ3) is 4.68. The summed E-state index contributed by atoms with van der Waals surface area (Å²) in [5.74, 6) is 0.337. The number of hydrogen-bond acceptors (Lipinski definition) is 3. The first kappa shape index (κ1) is 15.7. The van der Waals surface area contributed by atoms with Crippen molar-refractivity contribution in [2.75, 3.05) is 11.9 Å². The van der Waals surface area contributed by atoms with Crippen molar-refractivity contribution in [2.45, 2.75) is 0 Å². The molecule has 0 aliphatic heterocycles. The summed E-state index contributed by atoms with van der Waals surface area (Å²) < 4.78 is 6.48. The van der Waals surface area contributed by atoms with Crippen LogP contribution >= 0.6 is 34.8 Å². The number of para-hydroxylation sites is 2. The lowest BCUT2D eigenvalue weighted by Crippen LogP contribution is -2.19. The number of amides is 1. The van der Waals surface area contributed by atoms with Crippen molar-refractivity contribution in [1.29, 1.82) is 0 Å². The number of hydrogen-bond donors (Lipinski definition) is 2. The van der Waals surface area contributed by atoms with Crippen LogP contribution in [-0.2, 0) is 0 Å². The number of ether oxygens (including phenoxy) is 1. The molecule has 4 nitrogen and oxygen atoms in total. The molecule has 3 N–H and O–H groups in total. The maximum atomic E-state index is 12.2. The maximum Gasteiger partial charge on any atom is 0.255 e. The van der Waals surface area contributed by atoms with Crippen LogP contribution in [0.5, 0.6) is 5.75 Å². The molecule has 2 rings (SSSR count). The molecule has 0 unspecified atom stereocenters. The smallest absolute Gasteiger partial charge is 0.255 e. The van der Waals surface area contributed by atoms with E-state index in [0.717, 1.165) is 3.57 Å². The van der Waals surface area contributed by atoms with E-state index in [4.69, 9.17) is 22.7 Å². The largest absolute Gasteiger partial charge is 0.484 e. The van der Waals surface area contributed by atoms with Crippen LogP contribution < -0.4 is 15.8 Å². The van der Waals surface area contributed by atoms with Gasteiger partial charge in [-0.3, -0.25) is 4.79 Å². The monoisotopic (exact) mass is 412 g/mol. The molecule has 108 valence electrons. The second kappa shape index (κ2) is 7.37. The third-order valence-electron chi connectivity index (χ3n) is 2.59. The minimum atomic E-state index is -0.195. The molecule has 0 heterocycles. The maximum absolute atomic E-state index is 12.2. The fraction of sp³-hybridized carbons (Fsp3) is 0.0667. The van der Waals surface area contributed by atoms with Gasteiger partial charge in [-0.15, -0.1) is 0 Å². The van der Waals surface area contributed by atoms with Gasteiger partial charge < -0.3 is 15.8 Å². The molecule has 6 heteroatoms. The van der Waals surface area contributed by atoms with E-state index in [0.29, 0.717) is 17.0 Å². The standard InChI is InChI=1S/C15H13IN2O2S/c16-11-5-3-4-10(8-11)15(19)18-12-6-1-2-7-13(12)20-9-14(17)21/h1-8H,9H2,(H2,17,21)(H,18,19). The Morgan fingerprint density at radius 2 is 2.00 bits per heavy atom. The molecule has 0 aliphatic carbocycles. The Bertz CT molecular complexity index is 676. The van der Waals surface area contributed by atoms with E-state index in [1.165, 1.54) is 0 Å². The number of nitrogens with two attached hydrogens (primary N) is 1. The van der Waals surface area contributed by atoms with E-state index >= 15 is 0 Å². The fourth-order valence-electron chi connectivity index (χ4n) is 1.67. The van der Waals surface area contributed by atoms with Gasteiger partial charge in [0.05, 0.1) is 5.69 Å². The Hall–Kier alpha value is -1.67. The number of carbonyl (C=O) groups is 1. The van der Waals surface area contributed by atoms with E-state index in [1.807, 2.05) is 30.3 Å². The van der Waals surface area contributed by atoms with Gasteiger partial charge in [0, 0.05) is 9.13 Å². The molecule has 0 fully saturated rings. The van der Waals surface area contributed by atoms with Crippen LogP contribution in [0.2, 0.25) is 0 Å². The fourth-order valence-corrected chi connectivity index (χ4v) is 2.27. The Morgan fingerprint density at radius 1 is 1.24 bits per heavy atom. The third-order valence-corrected chi connectivity index (χ3v) is 3.38. The predicted molar refractivity (Wildman–Crippen MR) is 95.8 cm³/mol. The summed E-state index contributed by atoms with van der Waals surface area (Å²) in [6, 6.07) is 14.5. The van der Waals surface area contributed by atoms with Crippen LogP contribution in [0, 0.1) is 3.57 Å². The lowest BCUT2D eigenvalue weighted by atomic mass is 10.2. The van der Waals surface area contributed by atoms with Crippen molar-refractivity contribution in [1.82, 2.24) is 0 Å². The lowest BCUT2D eigenvalue weighted by molar-refractivity contribution is 0.102. The number of nitrogens with one attached hydrogen (secondary N) is 1. The lowest BCUT2D eigenvalue weighted by Gasteiger charge is -2.12. The van der Waals surface area contributed by atoms with Crippen molar-refractivity contribution in [3.63, 3.8) is 0 Å². The molecular formula is C15H13IN2O2S. The number of halogens is 1. The summed E-state index contributed by atoms with van der Waals surface area (Å²) in [6.07, 6.45) is 0. The van der Waals surface area contributed by atoms with Crippen LogP contribution in [0.25, 0.3) is 0 Å². The molecule has 0 saturated carbocycles. The van der Waals surface area contributed by atoms with Crippen LogP contribution in [0.1, 0.15) is 10.4 Å². The van der Waals surface area contributed by atoms with Crippen molar-refractivity contribution in [3.05, 3.63) is 57.7 Å². The Labute approximate surface area is 141 Å². The van der Waals surface area contributed by atoms with Gasteiger partial charge in [0.2, 0.25) is 0 Å².